The van der Waals surface area contributed by atoms with Gasteiger partial charge >= 0.3 is 0 Å². The van der Waals surface area contributed by atoms with Gasteiger partial charge in [0.25, 0.3) is 0 Å². The number of aromatic nitrogens is 1. The first-order valence-electron chi connectivity index (χ1n) is 6.29. The van der Waals surface area contributed by atoms with Crippen molar-refractivity contribution >= 4 is 11.6 Å². The third-order valence-corrected chi connectivity index (χ3v) is 3.36. The number of hydrogen-bond donors (Lipinski definition) is 2. The maximum atomic E-state index is 12.2. The summed E-state index contributed by atoms with van der Waals surface area (Å²) in [6, 6.07) is 2.09. The molecule has 2 rings (SSSR count). The molecule has 1 aromatic heterocycles. The number of carbonyl (C=O) groups is 1. The molecule has 0 aliphatic carbocycles. The Bertz CT molecular complexity index is 439. The summed E-state index contributed by atoms with van der Waals surface area (Å²) in [5, 5.41) is 0. The molecule has 0 unspecified atom stereocenters. The Kier molecular flexibility index (Phi) is 3.93. The van der Waals surface area contributed by atoms with E-state index in [4.69, 9.17) is 11.5 Å². The van der Waals surface area contributed by atoms with Crippen LogP contribution in [0, 0.1) is 6.92 Å². The molecule has 0 aromatic carbocycles. The maximum Gasteiger partial charge on any atom is 0.180 e. The number of aryl methyl sites for hydroxylation is 1. The third kappa shape index (κ3) is 3.05. The Morgan fingerprint density at radius 1 is 1.50 bits per heavy atom. The lowest BCUT2D eigenvalue weighted by molar-refractivity contribution is 0.0910. The lowest BCUT2D eigenvalue weighted by atomic mass is 10.0. The van der Waals surface area contributed by atoms with Gasteiger partial charge in [0.1, 0.15) is 5.82 Å². The Balaban J connectivity index is 2.01. The van der Waals surface area contributed by atoms with Crippen LogP contribution in [0.15, 0.2) is 12.3 Å². The van der Waals surface area contributed by atoms with Gasteiger partial charge in [-0.1, -0.05) is 0 Å². The number of nitrogens with zero attached hydrogens (tertiary/aromatic N) is 2. The second-order valence-corrected chi connectivity index (χ2v) is 4.98. The van der Waals surface area contributed by atoms with Crippen LogP contribution in [0.5, 0.6) is 0 Å². The molecule has 1 aliphatic heterocycles. The Morgan fingerprint density at radius 3 is 2.83 bits per heavy atom. The zero-order valence-electron chi connectivity index (χ0n) is 10.7. The number of hydrogen-bond acceptors (Lipinski definition) is 5. The summed E-state index contributed by atoms with van der Waals surface area (Å²) < 4.78 is 0. The van der Waals surface area contributed by atoms with E-state index >= 15 is 0 Å². The minimum Gasteiger partial charge on any atom is -0.383 e. The highest BCUT2D eigenvalue weighted by atomic mass is 16.1. The molecule has 0 radical (unpaired) electrons. The van der Waals surface area contributed by atoms with E-state index in [0.717, 1.165) is 31.5 Å². The molecule has 1 fully saturated rings. The number of anilines is 1. The SMILES string of the molecule is Cc1cnc(N)c(C(=O)CN2CCC(N)CC2)c1. The number of pyridine rings is 1. The van der Waals surface area contributed by atoms with Crippen molar-refractivity contribution in [1.29, 1.82) is 0 Å². The number of nitrogen functional groups attached to an aromatic ring is 1. The first-order chi connectivity index (χ1) is 8.56. The van der Waals surface area contributed by atoms with Gasteiger partial charge in [0.2, 0.25) is 0 Å². The van der Waals surface area contributed by atoms with Gasteiger partial charge in [-0.25, -0.2) is 4.98 Å². The van der Waals surface area contributed by atoms with Gasteiger partial charge in [-0.2, -0.15) is 0 Å². The van der Waals surface area contributed by atoms with Crippen LogP contribution < -0.4 is 11.5 Å². The van der Waals surface area contributed by atoms with Crippen LogP contribution >= 0.6 is 0 Å². The zero-order valence-corrected chi connectivity index (χ0v) is 10.7. The second-order valence-electron chi connectivity index (χ2n) is 4.98. The van der Waals surface area contributed by atoms with Crippen molar-refractivity contribution < 1.29 is 4.79 Å². The highest BCUT2D eigenvalue weighted by molar-refractivity contribution is 6.01. The van der Waals surface area contributed by atoms with Crippen LogP contribution in [0.3, 0.4) is 0 Å². The Labute approximate surface area is 107 Å². The number of likely N-dealkylation sites (tertiary alicyclic amines) is 1. The van der Waals surface area contributed by atoms with Gasteiger partial charge < -0.3 is 11.5 Å². The minimum absolute atomic E-state index is 0.0409. The van der Waals surface area contributed by atoms with Gasteiger partial charge in [0.15, 0.2) is 5.78 Å². The van der Waals surface area contributed by atoms with Crippen molar-refractivity contribution in [2.45, 2.75) is 25.8 Å². The molecule has 0 amide bonds. The first kappa shape index (κ1) is 13.0. The van der Waals surface area contributed by atoms with E-state index < -0.39 is 0 Å². The molecule has 0 atom stereocenters. The first-order valence-corrected chi connectivity index (χ1v) is 6.29. The molecular formula is C13H20N4O. The molecule has 1 saturated heterocycles. The minimum atomic E-state index is 0.0409. The predicted octanol–water partition coefficient (Wildman–Crippen LogP) is 0.578. The second kappa shape index (κ2) is 5.46. The molecule has 0 bridgehead atoms. The summed E-state index contributed by atoms with van der Waals surface area (Å²) in [6.45, 7) is 4.07. The van der Waals surface area contributed by atoms with Crippen LogP contribution in [0.2, 0.25) is 0 Å². The number of nitrogens with two attached hydrogens (primary N) is 2. The third-order valence-electron chi connectivity index (χ3n) is 3.36. The highest BCUT2D eigenvalue weighted by Gasteiger charge is 2.20. The molecule has 1 aromatic rings. The van der Waals surface area contributed by atoms with Gasteiger partial charge in [0.05, 0.1) is 12.1 Å². The monoisotopic (exact) mass is 248 g/mol. The van der Waals surface area contributed by atoms with Crippen molar-refractivity contribution in [3.8, 4) is 0 Å². The van der Waals surface area contributed by atoms with E-state index in [1.165, 1.54) is 0 Å². The van der Waals surface area contributed by atoms with E-state index in [2.05, 4.69) is 9.88 Å². The smallest absolute Gasteiger partial charge is 0.180 e. The van der Waals surface area contributed by atoms with Gasteiger partial charge in [-0.05, 0) is 31.4 Å². The normalized spacial score (nSPS) is 17.9. The van der Waals surface area contributed by atoms with Crippen LogP contribution in [0.25, 0.3) is 0 Å². The quantitative estimate of drug-likeness (QED) is 0.764. The number of rotatable bonds is 3. The van der Waals surface area contributed by atoms with E-state index in [-0.39, 0.29) is 11.8 Å². The topological polar surface area (TPSA) is 85.2 Å². The molecule has 18 heavy (non-hydrogen) atoms. The summed E-state index contributed by atoms with van der Waals surface area (Å²) in [6.07, 6.45) is 3.58. The Hall–Kier alpha value is -1.46. The molecule has 98 valence electrons. The number of Topliss-reactive ketones (excluding diaryl/α,β-unsaturated/α-hetero) is 1. The lowest BCUT2D eigenvalue weighted by Crippen LogP contribution is -2.42. The highest BCUT2D eigenvalue weighted by Crippen LogP contribution is 2.14. The molecule has 0 spiro atoms. The summed E-state index contributed by atoms with van der Waals surface area (Å²) in [4.78, 5) is 18.3. The summed E-state index contributed by atoms with van der Waals surface area (Å²) >= 11 is 0. The number of carbonyl (C=O) groups excluding carboxylic acids is 1. The van der Waals surface area contributed by atoms with Crippen molar-refractivity contribution in [3.05, 3.63) is 23.4 Å². The molecule has 1 aliphatic rings. The Morgan fingerprint density at radius 2 is 2.17 bits per heavy atom. The predicted molar refractivity (Wildman–Crippen MR) is 71.4 cm³/mol. The summed E-state index contributed by atoms with van der Waals surface area (Å²) in [5.41, 5.74) is 13.1. The summed E-state index contributed by atoms with van der Waals surface area (Å²) in [7, 11) is 0. The van der Waals surface area contributed by atoms with Crippen LogP contribution in [0.4, 0.5) is 5.82 Å². The van der Waals surface area contributed by atoms with E-state index in [1.807, 2.05) is 6.92 Å². The molecule has 4 N–H and O–H groups in total. The maximum absolute atomic E-state index is 12.2. The van der Waals surface area contributed by atoms with Crippen molar-refractivity contribution in [1.82, 2.24) is 9.88 Å². The standard InChI is InChI=1S/C13H20N4O/c1-9-6-11(13(15)16-7-9)12(18)8-17-4-2-10(14)3-5-17/h6-7,10H,2-5,8,14H2,1H3,(H2,15,16). The van der Waals surface area contributed by atoms with Crippen molar-refractivity contribution in [2.75, 3.05) is 25.4 Å². The van der Waals surface area contributed by atoms with E-state index in [0.29, 0.717) is 17.9 Å². The average Bonchev–Trinajstić information content (AvgIpc) is 2.35. The van der Waals surface area contributed by atoms with Gasteiger partial charge in [0, 0.05) is 25.3 Å². The van der Waals surface area contributed by atoms with Crippen LogP contribution in [-0.4, -0.2) is 41.3 Å². The van der Waals surface area contributed by atoms with E-state index in [1.54, 1.807) is 12.3 Å². The van der Waals surface area contributed by atoms with Crippen LogP contribution in [-0.2, 0) is 0 Å². The fourth-order valence-electron chi connectivity index (χ4n) is 2.20. The number of ketones is 1. The van der Waals surface area contributed by atoms with Gasteiger partial charge in [-0.3, -0.25) is 9.69 Å². The van der Waals surface area contributed by atoms with Gasteiger partial charge in [-0.15, -0.1) is 0 Å². The fourth-order valence-corrected chi connectivity index (χ4v) is 2.20. The lowest BCUT2D eigenvalue weighted by Gasteiger charge is -2.29. The largest absolute Gasteiger partial charge is 0.383 e. The molecule has 2 heterocycles. The fraction of sp³-hybridized carbons (Fsp3) is 0.538. The number of piperidine rings is 1. The molecule has 5 heteroatoms. The zero-order chi connectivity index (χ0) is 13.1. The molecular weight excluding hydrogens is 228 g/mol. The molecule has 5 nitrogen and oxygen atoms in total. The van der Waals surface area contributed by atoms with E-state index in [9.17, 15) is 4.79 Å². The average molecular weight is 248 g/mol. The molecule has 0 saturated carbocycles. The van der Waals surface area contributed by atoms with Crippen molar-refractivity contribution in [2.24, 2.45) is 5.73 Å². The summed E-state index contributed by atoms with van der Waals surface area (Å²) in [5.74, 6) is 0.360. The van der Waals surface area contributed by atoms with Crippen LogP contribution in [0.1, 0.15) is 28.8 Å². The van der Waals surface area contributed by atoms with Crippen molar-refractivity contribution in [3.63, 3.8) is 0 Å².